The number of hydrogen-bond acceptors (Lipinski definition) is 7. The van der Waals surface area contributed by atoms with Gasteiger partial charge in [-0.1, -0.05) is 29.8 Å². The van der Waals surface area contributed by atoms with Gasteiger partial charge in [-0.15, -0.1) is 11.3 Å². The fraction of sp³-hybridized carbons (Fsp3) is 0.120. The Morgan fingerprint density at radius 1 is 1.12 bits per heavy atom. The lowest BCUT2D eigenvalue weighted by Crippen LogP contribution is -2.16. The molecule has 0 radical (unpaired) electrons. The highest BCUT2D eigenvalue weighted by atomic mass is 32.1. The number of rotatable bonds is 8. The van der Waals surface area contributed by atoms with Crippen molar-refractivity contribution < 1.29 is 19.2 Å². The van der Waals surface area contributed by atoms with E-state index < -0.39 is 10.8 Å². The van der Waals surface area contributed by atoms with E-state index in [0.29, 0.717) is 33.9 Å². The molecule has 0 aliphatic rings. The molecule has 0 bridgehead atoms. The Kier molecular flexibility index (Phi) is 6.84. The van der Waals surface area contributed by atoms with Crippen molar-refractivity contribution in [2.75, 3.05) is 7.11 Å². The Morgan fingerprint density at radius 2 is 1.97 bits per heavy atom. The number of amides is 1. The molecule has 0 atom stereocenters. The van der Waals surface area contributed by atoms with Crippen LogP contribution >= 0.6 is 11.3 Å². The number of ether oxygens (including phenoxy) is 2. The number of hydrogen-bond donors (Lipinski definition) is 1. The zero-order chi connectivity index (χ0) is 24.1. The summed E-state index contributed by atoms with van der Waals surface area (Å²) in [7, 11) is 1.56. The number of methoxy groups -OCH3 is 1. The number of nitro groups is 1. The number of fused-ring (bicyclic) bond motifs is 1. The minimum atomic E-state index is -0.464. The van der Waals surface area contributed by atoms with Gasteiger partial charge in [-0.2, -0.15) is 5.10 Å². The first-order valence-electron chi connectivity index (χ1n) is 10.3. The molecule has 4 aromatic rings. The predicted molar refractivity (Wildman–Crippen MR) is 132 cm³/mol. The summed E-state index contributed by atoms with van der Waals surface area (Å²) in [5, 5.41) is 15.6. The van der Waals surface area contributed by atoms with Crippen LogP contribution in [0.15, 0.2) is 71.8 Å². The molecule has 1 N–H and O–H groups in total. The molecule has 34 heavy (non-hydrogen) atoms. The first kappa shape index (κ1) is 22.9. The van der Waals surface area contributed by atoms with E-state index in [4.69, 9.17) is 9.47 Å². The van der Waals surface area contributed by atoms with Crippen molar-refractivity contribution >= 4 is 39.2 Å². The molecule has 8 nitrogen and oxygen atoms in total. The average Bonchev–Trinajstić information content (AvgIpc) is 3.26. The van der Waals surface area contributed by atoms with Gasteiger partial charge in [0.05, 0.1) is 23.1 Å². The van der Waals surface area contributed by atoms with Crippen molar-refractivity contribution in [3.05, 3.63) is 98.4 Å². The summed E-state index contributed by atoms with van der Waals surface area (Å²) in [5.74, 6) is 0.753. The molecule has 0 spiro atoms. The number of aryl methyl sites for hydroxylation is 1. The number of benzene rings is 3. The summed E-state index contributed by atoms with van der Waals surface area (Å²) >= 11 is 1.24. The summed E-state index contributed by atoms with van der Waals surface area (Å²) in [6.07, 6.45) is 1.50. The van der Waals surface area contributed by atoms with Gasteiger partial charge in [0.2, 0.25) is 0 Å². The highest BCUT2D eigenvalue weighted by Crippen LogP contribution is 2.30. The number of carbonyl (C=O) groups excluding carboxylic acids is 1. The maximum Gasteiger partial charge on any atom is 0.281 e. The summed E-state index contributed by atoms with van der Waals surface area (Å²) in [6, 6.07) is 19.6. The number of nitro benzene ring substituents is 1. The normalized spacial score (nSPS) is 11.0. The molecule has 0 aliphatic heterocycles. The number of nitrogens with one attached hydrogen (secondary N) is 1. The van der Waals surface area contributed by atoms with Crippen molar-refractivity contribution in [1.82, 2.24) is 5.43 Å². The lowest BCUT2D eigenvalue weighted by molar-refractivity contribution is -0.384. The molecule has 0 saturated heterocycles. The molecule has 1 amide bonds. The maximum absolute atomic E-state index is 12.5. The lowest BCUT2D eigenvalue weighted by Gasteiger charge is -2.11. The van der Waals surface area contributed by atoms with Gasteiger partial charge in [0.15, 0.2) is 11.5 Å². The molecule has 0 aliphatic carbocycles. The van der Waals surface area contributed by atoms with Crippen LogP contribution in [0.5, 0.6) is 11.5 Å². The molecular weight excluding hydrogens is 454 g/mol. The van der Waals surface area contributed by atoms with Crippen LogP contribution in [0, 0.1) is 17.0 Å². The first-order chi connectivity index (χ1) is 16.4. The Hall–Kier alpha value is -4.24. The van der Waals surface area contributed by atoms with Crippen molar-refractivity contribution in [2.24, 2.45) is 5.10 Å². The summed E-state index contributed by atoms with van der Waals surface area (Å²) in [4.78, 5) is 23.3. The van der Waals surface area contributed by atoms with Gasteiger partial charge < -0.3 is 9.47 Å². The third kappa shape index (κ3) is 5.38. The van der Waals surface area contributed by atoms with Gasteiger partial charge >= 0.3 is 0 Å². The van der Waals surface area contributed by atoms with Crippen molar-refractivity contribution in [3.63, 3.8) is 0 Å². The van der Waals surface area contributed by atoms with Gasteiger partial charge in [0, 0.05) is 22.2 Å². The van der Waals surface area contributed by atoms with Crippen molar-refractivity contribution in [1.29, 1.82) is 0 Å². The van der Waals surface area contributed by atoms with Gasteiger partial charge in [-0.3, -0.25) is 14.9 Å². The van der Waals surface area contributed by atoms with Crippen LogP contribution in [-0.2, 0) is 6.61 Å². The van der Waals surface area contributed by atoms with Crippen LogP contribution in [0.3, 0.4) is 0 Å². The largest absolute Gasteiger partial charge is 0.493 e. The van der Waals surface area contributed by atoms with E-state index in [1.165, 1.54) is 35.2 Å². The Morgan fingerprint density at radius 3 is 2.74 bits per heavy atom. The second kappa shape index (κ2) is 10.1. The van der Waals surface area contributed by atoms with Crippen molar-refractivity contribution in [2.45, 2.75) is 13.5 Å². The van der Waals surface area contributed by atoms with Crippen LogP contribution in [0.1, 0.15) is 26.4 Å². The second-order valence-electron chi connectivity index (χ2n) is 7.48. The molecule has 0 unspecified atom stereocenters. The van der Waals surface area contributed by atoms with Gasteiger partial charge in [-0.05, 0) is 48.4 Å². The molecule has 3 aromatic carbocycles. The molecule has 1 aromatic heterocycles. The monoisotopic (exact) mass is 475 g/mol. The highest BCUT2D eigenvalue weighted by molar-refractivity contribution is 7.20. The minimum Gasteiger partial charge on any atom is -0.493 e. The molecule has 9 heteroatoms. The quantitative estimate of drug-likeness (QED) is 0.207. The van der Waals surface area contributed by atoms with Crippen LogP contribution < -0.4 is 14.9 Å². The highest BCUT2D eigenvalue weighted by Gasteiger charge is 2.13. The topological polar surface area (TPSA) is 103 Å². The standard InChI is InChI=1S/C25H21N3O5S/c1-16-4-3-5-18(10-16)15-33-21-8-6-17(11-22(21)32-2)14-26-27-25(29)24-13-19-12-20(28(30)31)7-9-23(19)34-24/h3-14H,15H2,1-2H3,(H,27,29)/b26-14-. The minimum absolute atomic E-state index is 0.0180. The van der Waals surface area contributed by atoms with Gasteiger partial charge in [-0.25, -0.2) is 5.43 Å². The SMILES string of the molecule is COc1cc(/C=N\NC(=O)c2cc3cc([N+](=O)[O-])ccc3s2)ccc1OCc1cccc(C)c1. The third-order valence-corrected chi connectivity index (χ3v) is 6.09. The van der Waals surface area contributed by atoms with Crippen LogP contribution in [0.2, 0.25) is 0 Å². The Balaban J connectivity index is 1.40. The second-order valence-corrected chi connectivity index (χ2v) is 8.56. The smallest absolute Gasteiger partial charge is 0.281 e. The summed E-state index contributed by atoms with van der Waals surface area (Å²) < 4.78 is 12.1. The van der Waals surface area contributed by atoms with E-state index in [9.17, 15) is 14.9 Å². The molecule has 0 fully saturated rings. The van der Waals surface area contributed by atoms with E-state index in [1.807, 2.05) is 31.2 Å². The Bertz CT molecular complexity index is 1400. The zero-order valence-corrected chi connectivity index (χ0v) is 19.3. The van der Waals surface area contributed by atoms with Gasteiger partial charge in [0.25, 0.3) is 11.6 Å². The number of hydrazone groups is 1. The lowest BCUT2D eigenvalue weighted by atomic mass is 10.1. The Labute approximate surface area is 199 Å². The van der Waals surface area contributed by atoms with Crippen LogP contribution in [0.4, 0.5) is 5.69 Å². The maximum atomic E-state index is 12.5. The number of thiophene rings is 1. The zero-order valence-electron chi connectivity index (χ0n) is 18.5. The first-order valence-corrected chi connectivity index (χ1v) is 11.1. The molecular formula is C25H21N3O5S. The van der Waals surface area contributed by atoms with E-state index >= 15 is 0 Å². The number of nitrogens with zero attached hydrogens (tertiary/aromatic N) is 2. The fourth-order valence-corrected chi connectivity index (χ4v) is 4.26. The summed E-state index contributed by atoms with van der Waals surface area (Å²) in [5.41, 5.74) is 5.41. The number of non-ortho nitro benzene ring substituents is 1. The third-order valence-electron chi connectivity index (χ3n) is 4.98. The molecule has 0 saturated carbocycles. The van der Waals surface area contributed by atoms with E-state index in [0.717, 1.165) is 10.3 Å². The summed E-state index contributed by atoms with van der Waals surface area (Å²) in [6.45, 7) is 2.45. The molecule has 172 valence electrons. The molecule has 1 heterocycles. The average molecular weight is 476 g/mol. The van der Waals surface area contributed by atoms with Gasteiger partial charge in [0.1, 0.15) is 6.61 Å². The van der Waals surface area contributed by atoms with Crippen LogP contribution in [-0.4, -0.2) is 24.2 Å². The van der Waals surface area contributed by atoms with E-state index in [1.54, 1.807) is 31.4 Å². The molecule has 4 rings (SSSR count). The van der Waals surface area contributed by atoms with Crippen molar-refractivity contribution in [3.8, 4) is 11.5 Å². The van der Waals surface area contributed by atoms with Crippen LogP contribution in [0.25, 0.3) is 10.1 Å². The number of carbonyl (C=O) groups is 1. The van der Waals surface area contributed by atoms with E-state index in [2.05, 4.69) is 16.6 Å². The van der Waals surface area contributed by atoms with E-state index in [-0.39, 0.29) is 5.69 Å². The predicted octanol–water partition coefficient (Wildman–Crippen LogP) is 5.47. The fourth-order valence-electron chi connectivity index (χ4n) is 3.32.